The third kappa shape index (κ3) is 4.47. The molecule has 1 aliphatic carbocycles. The van der Waals surface area contributed by atoms with Crippen molar-refractivity contribution in [3.8, 4) is 0 Å². The Morgan fingerprint density at radius 1 is 1.46 bits per heavy atom. The molecule has 0 amide bonds. The number of rotatable bonds is 7. The minimum absolute atomic E-state index is 0.796. The van der Waals surface area contributed by atoms with E-state index in [1.165, 1.54) is 44.1 Å². The third-order valence-electron chi connectivity index (χ3n) is 2.93. The summed E-state index contributed by atoms with van der Waals surface area (Å²) in [5, 5.41) is 3.43. The molecule has 0 aromatic heterocycles. The summed E-state index contributed by atoms with van der Waals surface area (Å²) < 4.78 is 0. The Morgan fingerprint density at radius 2 is 2.15 bits per heavy atom. The van der Waals surface area contributed by atoms with Crippen LogP contribution in [0.3, 0.4) is 0 Å². The Bertz CT molecular complexity index is 159. The summed E-state index contributed by atoms with van der Waals surface area (Å²) in [4.78, 5) is 0. The second kappa shape index (κ2) is 5.43. The van der Waals surface area contributed by atoms with Gasteiger partial charge in [-0.2, -0.15) is 0 Å². The molecular formula is C12H23N. The molecule has 0 aromatic carbocycles. The number of unbranched alkanes of at least 4 members (excludes halogenated alkanes) is 1. The van der Waals surface area contributed by atoms with Gasteiger partial charge in [-0.15, -0.1) is 6.58 Å². The lowest BCUT2D eigenvalue weighted by atomic mass is 10.0. The molecule has 0 radical (unpaired) electrons. The summed E-state index contributed by atoms with van der Waals surface area (Å²) in [5.41, 5.74) is 1.33. The molecule has 1 saturated carbocycles. The number of hydrogen-bond acceptors (Lipinski definition) is 1. The van der Waals surface area contributed by atoms with E-state index in [1.807, 2.05) is 0 Å². The summed E-state index contributed by atoms with van der Waals surface area (Å²) in [5.74, 6) is 0.995. The van der Waals surface area contributed by atoms with Crippen LogP contribution in [0.4, 0.5) is 0 Å². The minimum Gasteiger partial charge on any atom is -0.317 e. The van der Waals surface area contributed by atoms with Crippen molar-refractivity contribution in [3.63, 3.8) is 0 Å². The van der Waals surface area contributed by atoms with Gasteiger partial charge in [0.2, 0.25) is 0 Å². The lowest BCUT2D eigenvalue weighted by Crippen LogP contribution is -2.27. The molecule has 1 nitrogen and oxygen atoms in total. The van der Waals surface area contributed by atoms with Crippen molar-refractivity contribution in [2.75, 3.05) is 7.05 Å². The van der Waals surface area contributed by atoms with Crippen molar-refractivity contribution in [1.29, 1.82) is 0 Å². The van der Waals surface area contributed by atoms with Crippen molar-refractivity contribution in [2.45, 2.75) is 51.5 Å². The molecule has 1 aliphatic rings. The minimum atomic E-state index is 0.796. The molecule has 0 bridgehead atoms. The fraction of sp³-hybridized carbons (Fsp3) is 0.833. The van der Waals surface area contributed by atoms with E-state index in [1.54, 1.807) is 0 Å². The molecular weight excluding hydrogens is 158 g/mol. The number of nitrogens with one attached hydrogen (secondary N) is 1. The maximum Gasteiger partial charge on any atom is 0.00923 e. The molecule has 1 rings (SSSR count). The average molecular weight is 181 g/mol. The maximum atomic E-state index is 3.92. The molecule has 76 valence electrons. The van der Waals surface area contributed by atoms with Crippen LogP contribution in [0.5, 0.6) is 0 Å². The fourth-order valence-electron chi connectivity index (χ4n) is 1.91. The Labute approximate surface area is 82.6 Å². The highest BCUT2D eigenvalue weighted by Crippen LogP contribution is 2.34. The van der Waals surface area contributed by atoms with E-state index in [4.69, 9.17) is 0 Å². The number of hydrogen-bond donors (Lipinski definition) is 1. The molecule has 1 atom stereocenters. The van der Waals surface area contributed by atoms with Gasteiger partial charge < -0.3 is 5.32 Å². The zero-order valence-corrected chi connectivity index (χ0v) is 9.10. The normalized spacial score (nSPS) is 18.6. The summed E-state index contributed by atoms with van der Waals surface area (Å²) in [6.45, 7) is 6.05. The molecule has 0 spiro atoms. The maximum absolute atomic E-state index is 3.92. The molecule has 0 heterocycles. The van der Waals surface area contributed by atoms with Crippen LogP contribution in [0, 0.1) is 5.92 Å². The van der Waals surface area contributed by atoms with Crippen molar-refractivity contribution in [2.24, 2.45) is 5.92 Å². The third-order valence-corrected chi connectivity index (χ3v) is 2.93. The van der Waals surface area contributed by atoms with E-state index in [-0.39, 0.29) is 0 Å². The molecule has 1 N–H and O–H groups in total. The lowest BCUT2D eigenvalue weighted by Gasteiger charge is -2.14. The first-order valence-electron chi connectivity index (χ1n) is 5.55. The van der Waals surface area contributed by atoms with Crippen molar-refractivity contribution >= 4 is 0 Å². The molecule has 0 aliphatic heterocycles. The van der Waals surface area contributed by atoms with Gasteiger partial charge in [-0.1, -0.05) is 12.0 Å². The van der Waals surface area contributed by atoms with E-state index < -0.39 is 0 Å². The quantitative estimate of drug-likeness (QED) is 0.470. The van der Waals surface area contributed by atoms with E-state index in [9.17, 15) is 0 Å². The summed E-state index contributed by atoms with van der Waals surface area (Å²) in [6, 6.07) is 0.796. The first-order valence-corrected chi connectivity index (χ1v) is 5.55. The number of allylic oxidation sites excluding steroid dienone is 1. The Morgan fingerprint density at radius 3 is 2.62 bits per heavy atom. The highest BCUT2D eigenvalue weighted by atomic mass is 14.9. The largest absolute Gasteiger partial charge is 0.317 e. The van der Waals surface area contributed by atoms with E-state index >= 15 is 0 Å². The average Bonchev–Trinajstić information content (AvgIpc) is 2.87. The van der Waals surface area contributed by atoms with Gasteiger partial charge in [0.25, 0.3) is 0 Å². The zero-order chi connectivity index (χ0) is 9.68. The van der Waals surface area contributed by atoms with E-state index in [2.05, 4.69) is 25.9 Å². The zero-order valence-electron chi connectivity index (χ0n) is 9.10. The van der Waals surface area contributed by atoms with Crippen LogP contribution in [-0.2, 0) is 0 Å². The van der Waals surface area contributed by atoms with Gasteiger partial charge in [-0.05, 0) is 52.0 Å². The van der Waals surface area contributed by atoms with Crippen LogP contribution in [-0.4, -0.2) is 13.1 Å². The first-order chi connectivity index (χ1) is 6.24. The first kappa shape index (κ1) is 10.8. The van der Waals surface area contributed by atoms with Gasteiger partial charge in [-0.25, -0.2) is 0 Å². The SMILES string of the molecule is C=C(C)CCCCC(NC)C1CC1. The Balaban J connectivity index is 1.99. The second-order valence-corrected chi connectivity index (χ2v) is 4.44. The Hall–Kier alpha value is -0.300. The molecule has 13 heavy (non-hydrogen) atoms. The van der Waals surface area contributed by atoms with Crippen molar-refractivity contribution in [1.82, 2.24) is 5.32 Å². The lowest BCUT2D eigenvalue weighted by molar-refractivity contribution is 0.449. The highest BCUT2D eigenvalue weighted by Gasteiger charge is 2.29. The van der Waals surface area contributed by atoms with Gasteiger partial charge in [0.1, 0.15) is 0 Å². The van der Waals surface area contributed by atoms with Crippen LogP contribution in [0.2, 0.25) is 0 Å². The monoisotopic (exact) mass is 181 g/mol. The molecule has 1 fully saturated rings. The van der Waals surface area contributed by atoms with E-state index in [0.29, 0.717) is 0 Å². The molecule has 1 unspecified atom stereocenters. The van der Waals surface area contributed by atoms with Gasteiger partial charge in [0.15, 0.2) is 0 Å². The van der Waals surface area contributed by atoms with Gasteiger partial charge in [-0.3, -0.25) is 0 Å². The molecule has 1 heteroatoms. The van der Waals surface area contributed by atoms with Crippen molar-refractivity contribution < 1.29 is 0 Å². The van der Waals surface area contributed by atoms with Crippen LogP contribution in [0.15, 0.2) is 12.2 Å². The van der Waals surface area contributed by atoms with Gasteiger partial charge in [0, 0.05) is 6.04 Å². The molecule has 0 saturated heterocycles. The highest BCUT2D eigenvalue weighted by molar-refractivity contribution is 4.88. The van der Waals surface area contributed by atoms with E-state index in [0.717, 1.165) is 12.0 Å². The Kier molecular flexibility index (Phi) is 4.51. The topological polar surface area (TPSA) is 12.0 Å². The van der Waals surface area contributed by atoms with Gasteiger partial charge in [0.05, 0.1) is 0 Å². The van der Waals surface area contributed by atoms with Crippen LogP contribution in [0.25, 0.3) is 0 Å². The fourth-order valence-corrected chi connectivity index (χ4v) is 1.91. The second-order valence-electron chi connectivity index (χ2n) is 4.44. The van der Waals surface area contributed by atoms with Crippen molar-refractivity contribution in [3.05, 3.63) is 12.2 Å². The van der Waals surface area contributed by atoms with Gasteiger partial charge >= 0.3 is 0 Å². The summed E-state index contributed by atoms with van der Waals surface area (Å²) in [6.07, 6.45) is 8.14. The molecule has 0 aromatic rings. The summed E-state index contributed by atoms with van der Waals surface area (Å²) in [7, 11) is 2.10. The predicted molar refractivity (Wildman–Crippen MR) is 58.9 cm³/mol. The smallest absolute Gasteiger partial charge is 0.00923 e. The standard InChI is InChI=1S/C12H23N/c1-10(2)6-4-5-7-12(13-3)11-8-9-11/h11-13H,1,4-9H2,2-3H3. The summed E-state index contributed by atoms with van der Waals surface area (Å²) >= 11 is 0. The van der Waals surface area contributed by atoms with Crippen LogP contribution >= 0.6 is 0 Å². The van der Waals surface area contributed by atoms with Crippen LogP contribution < -0.4 is 5.32 Å². The van der Waals surface area contributed by atoms with Crippen LogP contribution in [0.1, 0.15) is 45.4 Å². The predicted octanol–water partition coefficient (Wildman–Crippen LogP) is 3.12.